The molecular weight excluding hydrogens is 392 g/mol. The van der Waals surface area contributed by atoms with Gasteiger partial charge in [0.05, 0.1) is 17.7 Å². The van der Waals surface area contributed by atoms with Crippen LogP contribution in [0.4, 0.5) is 0 Å². The molecule has 9 heteroatoms. The van der Waals surface area contributed by atoms with E-state index in [4.69, 9.17) is 11.1 Å². The van der Waals surface area contributed by atoms with Crippen LogP contribution in [0, 0.1) is 11.3 Å². The van der Waals surface area contributed by atoms with Crippen LogP contribution in [0.15, 0.2) is 33.9 Å². The molecule has 0 aliphatic carbocycles. The summed E-state index contributed by atoms with van der Waals surface area (Å²) in [6, 6.07) is 9.60. The summed E-state index contributed by atoms with van der Waals surface area (Å²) in [6.07, 6.45) is 0.305. The van der Waals surface area contributed by atoms with Crippen LogP contribution in [-0.4, -0.2) is 44.5 Å². The first-order valence-electron chi connectivity index (χ1n) is 7.19. The SMILES string of the molecule is C[C@H](Sc1nnc(-c2cccc(Br)c2)n1N)C(=O)N(C)CCC#N. The number of nitriles is 1. The van der Waals surface area contributed by atoms with Crippen LogP contribution in [0.25, 0.3) is 11.4 Å². The average Bonchev–Trinajstić information content (AvgIpc) is 2.92. The third kappa shape index (κ3) is 4.27. The Morgan fingerprint density at radius 2 is 2.29 bits per heavy atom. The number of thioether (sulfide) groups is 1. The second kappa shape index (κ2) is 8.17. The molecule has 2 aromatic rings. The van der Waals surface area contributed by atoms with Gasteiger partial charge in [-0.2, -0.15) is 5.26 Å². The third-order valence-electron chi connectivity index (χ3n) is 3.31. The molecule has 1 heterocycles. The summed E-state index contributed by atoms with van der Waals surface area (Å²) in [7, 11) is 1.68. The lowest BCUT2D eigenvalue weighted by Crippen LogP contribution is -2.34. The minimum atomic E-state index is -0.379. The van der Waals surface area contributed by atoms with Crippen molar-refractivity contribution in [3.63, 3.8) is 0 Å². The van der Waals surface area contributed by atoms with E-state index >= 15 is 0 Å². The summed E-state index contributed by atoms with van der Waals surface area (Å²) >= 11 is 4.65. The summed E-state index contributed by atoms with van der Waals surface area (Å²) in [5.74, 6) is 6.52. The highest BCUT2D eigenvalue weighted by atomic mass is 79.9. The Hall–Kier alpha value is -2.05. The molecule has 0 aliphatic rings. The van der Waals surface area contributed by atoms with Crippen molar-refractivity contribution in [2.45, 2.75) is 23.8 Å². The number of benzene rings is 1. The van der Waals surface area contributed by atoms with E-state index in [9.17, 15) is 4.79 Å². The van der Waals surface area contributed by atoms with Crippen LogP contribution < -0.4 is 5.84 Å². The quantitative estimate of drug-likeness (QED) is 0.580. The molecule has 0 unspecified atom stereocenters. The van der Waals surface area contributed by atoms with Crippen LogP contribution in [0.1, 0.15) is 13.3 Å². The molecule has 24 heavy (non-hydrogen) atoms. The summed E-state index contributed by atoms with van der Waals surface area (Å²) in [5.41, 5.74) is 0.830. The highest BCUT2D eigenvalue weighted by Crippen LogP contribution is 2.26. The van der Waals surface area contributed by atoms with Gasteiger partial charge in [0.2, 0.25) is 11.1 Å². The molecule has 1 aromatic heterocycles. The lowest BCUT2D eigenvalue weighted by molar-refractivity contribution is -0.128. The minimum absolute atomic E-state index is 0.0812. The first-order valence-corrected chi connectivity index (χ1v) is 8.86. The molecule has 2 N–H and O–H groups in total. The summed E-state index contributed by atoms with van der Waals surface area (Å²) < 4.78 is 2.30. The molecule has 126 valence electrons. The van der Waals surface area contributed by atoms with Crippen LogP contribution >= 0.6 is 27.7 Å². The van der Waals surface area contributed by atoms with E-state index in [0.717, 1.165) is 10.0 Å². The molecule has 0 bridgehead atoms. The number of aromatic nitrogens is 3. The van der Waals surface area contributed by atoms with E-state index in [0.29, 0.717) is 23.9 Å². The lowest BCUT2D eigenvalue weighted by Gasteiger charge is -2.19. The molecule has 7 nitrogen and oxygen atoms in total. The number of carbonyl (C=O) groups is 1. The van der Waals surface area contributed by atoms with Crippen molar-refractivity contribution in [2.75, 3.05) is 19.4 Å². The normalized spacial score (nSPS) is 11.8. The average molecular weight is 409 g/mol. The Morgan fingerprint density at radius 3 is 2.96 bits per heavy atom. The number of nitrogens with zero attached hydrogens (tertiary/aromatic N) is 5. The van der Waals surface area contributed by atoms with Crippen LogP contribution in [0.3, 0.4) is 0 Å². The zero-order valence-electron chi connectivity index (χ0n) is 13.3. The molecule has 0 saturated carbocycles. The van der Waals surface area contributed by atoms with Crippen LogP contribution in [0.2, 0.25) is 0 Å². The molecule has 1 aromatic carbocycles. The Morgan fingerprint density at radius 1 is 1.54 bits per heavy atom. The van der Waals surface area contributed by atoms with Gasteiger partial charge in [-0.05, 0) is 19.1 Å². The number of nitrogen functional groups attached to an aromatic ring is 1. The van der Waals surface area contributed by atoms with Gasteiger partial charge in [-0.3, -0.25) is 4.79 Å². The first kappa shape index (κ1) is 18.3. The Balaban J connectivity index is 2.11. The highest BCUT2D eigenvalue weighted by Gasteiger charge is 2.22. The van der Waals surface area contributed by atoms with Crippen molar-refractivity contribution in [2.24, 2.45) is 0 Å². The van der Waals surface area contributed by atoms with Gasteiger partial charge in [0.15, 0.2) is 5.82 Å². The number of carbonyl (C=O) groups excluding carboxylic acids is 1. The van der Waals surface area contributed by atoms with E-state index in [2.05, 4.69) is 26.1 Å². The zero-order valence-corrected chi connectivity index (χ0v) is 15.7. The molecule has 0 saturated heterocycles. The van der Waals surface area contributed by atoms with E-state index in [-0.39, 0.29) is 11.2 Å². The fraction of sp³-hybridized carbons (Fsp3) is 0.333. The van der Waals surface area contributed by atoms with Gasteiger partial charge in [0.25, 0.3) is 0 Å². The van der Waals surface area contributed by atoms with Gasteiger partial charge in [-0.1, -0.05) is 39.8 Å². The first-order chi connectivity index (χ1) is 11.4. The molecule has 2 rings (SSSR count). The molecular formula is C15H17BrN6OS. The van der Waals surface area contributed by atoms with E-state index < -0.39 is 0 Å². The fourth-order valence-electron chi connectivity index (χ4n) is 2.03. The zero-order chi connectivity index (χ0) is 17.7. The second-order valence-corrected chi connectivity index (χ2v) is 7.34. The Bertz CT molecular complexity index is 772. The predicted molar refractivity (Wildman–Crippen MR) is 96.5 cm³/mol. The molecule has 0 fully saturated rings. The molecule has 0 spiro atoms. The summed E-state index contributed by atoms with van der Waals surface area (Å²) in [6.45, 7) is 2.18. The number of hydrogen-bond acceptors (Lipinski definition) is 6. The van der Waals surface area contributed by atoms with Crippen molar-refractivity contribution in [3.05, 3.63) is 28.7 Å². The van der Waals surface area contributed by atoms with E-state index in [1.807, 2.05) is 30.3 Å². The highest BCUT2D eigenvalue weighted by molar-refractivity contribution is 9.10. The molecule has 0 radical (unpaired) electrons. The van der Waals surface area contributed by atoms with Crippen molar-refractivity contribution in [1.29, 1.82) is 5.26 Å². The number of nitrogens with two attached hydrogens (primary N) is 1. The fourth-order valence-corrected chi connectivity index (χ4v) is 3.31. The van der Waals surface area contributed by atoms with Gasteiger partial charge in [0.1, 0.15) is 0 Å². The summed E-state index contributed by atoms with van der Waals surface area (Å²) in [5, 5.41) is 16.9. The van der Waals surface area contributed by atoms with Crippen molar-refractivity contribution in [3.8, 4) is 17.5 Å². The number of amides is 1. The van der Waals surface area contributed by atoms with Crippen molar-refractivity contribution < 1.29 is 4.79 Å². The van der Waals surface area contributed by atoms with Gasteiger partial charge >= 0.3 is 0 Å². The van der Waals surface area contributed by atoms with E-state index in [1.165, 1.54) is 21.3 Å². The maximum absolute atomic E-state index is 12.3. The Kier molecular flexibility index (Phi) is 6.23. The third-order valence-corrected chi connectivity index (χ3v) is 4.85. The predicted octanol–water partition coefficient (Wildman–Crippen LogP) is 2.27. The Labute approximate surface area is 152 Å². The van der Waals surface area contributed by atoms with Crippen LogP contribution in [-0.2, 0) is 4.79 Å². The number of rotatable bonds is 6. The smallest absolute Gasteiger partial charge is 0.235 e. The monoisotopic (exact) mass is 408 g/mol. The second-order valence-electron chi connectivity index (χ2n) is 5.11. The van der Waals surface area contributed by atoms with Crippen molar-refractivity contribution in [1.82, 2.24) is 19.8 Å². The lowest BCUT2D eigenvalue weighted by atomic mass is 10.2. The van der Waals surface area contributed by atoms with Crippen molar-refractivity contribution >= 4 is 33.6 Å². The topological polar surface area (TPSA) is 101 Å². The minimum Gasteiger partial charge on any atom is -0.344 e. The number of hydrogen-bond donors (Lipinski definition) is 1. The molecule has 0 aliphatic heterocycles. The van der Waals surface area contributed by atoms with Gasteiger partial charge in [-0.25, -0.2) is 4.68 Å². The van der Waals surface area contributed by atoms with E-state index in [1.54, 1.807) is 14.0 Å². The number of halogens is 1. The van der Waals surface area contributed by atoms with Gasteiger partial charge in [0, 0.05) is 23.6 Å². The van der Waals surface area contributed by atoms with Gasteiger partial charge in [-0.15, -0.1) is 10.2 Å². The maximum atomic E-state index is 12.3. The molecule has 1 amide bonds. The largest absolute Gasteiger partial charge is 0.344 e. The maximum Gasteiger partial charge on any atom is 0.235 e. The molecule has 1 atom stereocenters. The standard InChI is InChI=1S/C15H17BrN6OS/c1-10(14(23)21(2)8-4-7-17)24-15-20-19-13(22(15)18)11-5-3-6-12(16)9-11/h3,5-6,9-10H,4,8,18H2,1-2H3/t10-/m0/s1. The van der Waals surface area contributed by atoms with Crippen LogP contribution in [0.5, 0.6) is 0 Å². The summed E-state index contributed by atoms with van der Waals surface area (Å²) in [4.78, 5) is 13.8. The van der Waals surface area contributed by atoms with Gasteiger partial charge < -0.3 is 10.7 Å².